The van der Waals surface area contributed by atoms with Crippen molar-refractivity contribution in [2.24, 2.45) is 0 Å². The molecule has 0 aliphatic carbocycles. The molecule has 0 saturated heterocycles. The number of aldehydes is 1. The molecule has 0 atom stereocenters. The molecule has 0 saturated carbocycles. The first-order valence-corrected chi connectivity index (χ1v) is 4.45. The van der Waals surface area contributed by atoms with E-state index >= 15 is 0 Å². The zero-order valence-electron chi connectivity index (χ0n) is 7.31. The topological polar surface area (TPSA) is 30.0 Å². The maximum Gasteiger partial charge on any atom is 0.152 e. The van der Waals surface area contributed by atoms with Gasteiger partial charge in [-0.2, -0.15) is 0 Å². The predicted octanol–water partition coefficient (Wildman–Crippen LogP) is 2.58. The van der Waals surface area contributed by atoms with E-state index in [1.165, 1.54) is 0 Å². The molecule has 0 aliphatic rings. The van der Waals surface area contributed by atoms with Crippen molar-refractivity contribution < 1.29 is 4.79 Å². The van der Waals surface area contributed by atoms with Crippen molar-refractivity contribution in [1.82, 2.24) is 4.98 Å². The van der Waals surface area contributed by atoms with E-state index in [1.807, 2.05) is 20.8 Å². The molecule has 0 spiro atoms. The molecule has 0 aromatic carbocycles. The summed E-state index contributed by atoms with van der Waals surface area (Å²) < 4.78 is 0.926. The number of carbonyl (C=O) groups is 1. The summed E-state index contributed by atoms with van der Waals surface area (Å²) in [7, 11) is 0. The van der Waals surface area contributed by atoms with Gasteiger partial charge in [-0.1, -0.05) is 0 Å². The fourth-order valence-electron chi connectivity index (χ4n) is 1.20. The third kappa shape index (κ3) is 1.41. The second-order valence-corrected chi connectivity index (χ2v) is 3.55. The summed E-state index contributed by atoms with van der Waals surface area (Å²) in [5.74, 6) is 0. The average Bonchev–Trinajstić information content (AvgIpc) is 2.01. The van der Waals surface area contributed by atoms with Gasteiger partial charge in [-0.05, 0) is 42.3 Å². The molecule has 1 aromatic heterocycles. The van der Waals surface area contributed by atoms with Crippen LogP contribution in [0.2, 0.25) is 0 Å². The van der Waals surface area contributed by atoms with E-state index in [1.54, 1.807) is 0 Å². The Labute approximate surface area is 80.1 Å². The summed E-state index contributed by atoms with van der Waals surface area (Å²) in [6.45, 7) is 5.67. The first kappa shape index (κ1) is 9.39. The molecular weight excluding hydrogens is 218 g/mol. The Hall–Kier alpha value is -0.700. The minimum absolute atomic E-state index is 0.687. The summed E-state index contributed by atoms with van der Waals surface area (Å²) in [5, 5.41) is 0. The average molecular weight is 228 g/mol. The number of rotatable bonds is 1. The lowest BCUT2D eigenvalue weighted by molar-refractivity contribution is 0.112. The minimum Gasteiger partial charge on any atom is -0.298 e. The molecular formula is C9H10BrNO. The van der Waals surface area contributed by atoms with Gasteiger partial charge < -0.3 is 0 Å². The molecule has 0 amide bonds. The molecule has 3 heteroatoms. The second kappa shape index (κ2) is 3.35. The van der Waals surface area contributed by atoms with Crippen molar-refractivity contribution in [3.63, 3.8) is 0 Å². The Morgan fingerprint density at radius 3 is 2.33 bits per heavy atom. The van der Waals surface area contributed by atoms with E-state index in [2.05, 4.69) is 20.9 Å². The fraction of sp³-hybridized carbons (Fsp3) is 0.333. The number of halogens is 1. The highest BCUT2D eigenvalue weighted by Gasteiger charge is 2.08. The SMILES string of the molecule is Cc1nc(C)c(C=O)c(C)c1Br. The zero-order valence-corrected chi connectivity index (χ0v) is 8.90. The van der Waals surface area contributed by atoms with Gasteiger partial charge in [0.25, 0.3) is 0 Å². The van der Waals surface area contributed by atoms with Gasteiger partial charge in [-0.25, -0.2) is 0 Å². The number of aromatic nitrogens is 1. The fourth-order valence-corrected chi connectivity index (χ4v) is 1.50. The lowest BCUT2D eigenvalue weighted by Gasteiger charge is -2.07. The maximum absolute atomic E-state index is 10.7. The molecule has 2 nitrogen and oxygen atoms in total. The summed E-state index contributed by atoms with van der Waals surface area (Å²) in [5.41, 5.74) is 3.38. The number of carbonyl (C=O) groups excluding carboxylic acids is 1. The van der Waals surface area contributed by atoms with Crippen molar-refractivity contribution in [3.05, 3.63) is 27.0 Å². The molecule has 0 N–H and O–H groups in total. The zero-order chi connectivity index (χ0) is 9.30. The second-order valence-electron chi connectivity index (χ2n) is 2.75. The number of hydrogen-bond donors (Lipinski definition) is 0. The molecule has 1 heterocycles. The standard InChI is InChI=1S/C9H10BrNO/c1-5-8(4-12)6(2)11-7(3)9(5)10/h4H,1-3H3. The van der Waals surface area contributed by atoms with Gasteiger partial charge >= 0.3 is 0 Å². The monoisotopic (exact) mass is 227 g/mol. The van der Waals surface area contributed by atoms with Crippen LogP contribution in [-0.2, 0) is 0 Å². The third-order valence-electron chi connectivity index (χ3n) is 1.89. The molecule has 1 rings (SSSR count). The van der Waals surface area contributed by atoms with Gasteiger partial charge in [-0.15, -0.1) is 0 Å². The van der Waals surface area contributed by atoms with Crippen LogP contribution in [0.5, 0.6) is 0 Å². The van der Waals surface area contributed by atoms with E-state index in [9.17, 15) is 4.79 Å². The predicted molar refractivity (Wildman–Crippen MR) is 51.5 cm³/mol. The van der Waals surface area contributed by atoms with Gasteiger partial charge in [0.05, 0.1) is 5.69 Å². The van der Waals surface area contributed by atoms with Crippen molar-refractivity contribution >= 4 is 22.2 Å². The van der Waals surface area contributed by atoms with Crippen LogP contribution >= 0.6 is 15.9 Å². The van der Waals surface area contributed by atoms with Gasteiger partial charge in [0, 0.05) is 15.7 Å². The summed E-state index contributed by atoms with van der Waals surface area (Å²) in [6, 6.07) is 0. The lowest BCUT2D eigenvalue weighted by Crippen LogP contribution is -1.99. The summed E-state index contributed by atoms with van der Waals surface area (Å²) in [6.07, 6.45) is 0.849. The largest absolute Gasteiger partial charge is 0.298 e. The van der Waals surface area contributed by atoms with E-state index < -0.39 is 0 Å². The van der Waals surface area contributed by atoms with Crippen molar-refractivity contribution in [2.75, 3.05) is 0 Å². The van der Waals surface area contributed by atoms with E-state index in [4.69, 9.17) is 0 Å². The van der Waals surface area contributed by atoms with Gasteiger partial charge in [0.2, 0.25) is 0 Å². The van der Waals surface area contributed by atoms with Crippen LogP contribution in [0.1, 0.15) is 27.3 Å². The van der Waals surface area contributed by atoms with Crippen LogP contribution in [0.3, 0.4) is 0 Å². The van der Waals surface area contributed by atoms with Crippen LogP contribution in [-0.4, -0.2) is 11.3 Å². The van der Waals surface area contributed by atoms with Crippen LogP contribution in [0.15, 0.2) is 4.47 Å². The molecule has 0 bridgehead atoms. The Morgan fingerprint density at radius 2 is 1.83 bits per heavy atom. The van der Waals surface area contributed by atoms with Crippen molar-refractivity contribution in [2.45, 2.75) is 20.8 Å². The van der Waals surface area contributed by atoms with Gasteiger partial charge in [0.15, 0.2) is 6.29 Å². The first-order chi connectivity index (χ1) is 5.57. The lowest BCUT2D eigenvalue weighted by atomic mass is 10.1. The third-order valence-corrected chi connectivity index (χ3v) is 3.06. The number of aryl methyl sites for hydroxylation is 2. The number of hydrogen-bond acceptors (Lipinski definition) is 2. The molecule has 0 fully saturated rings. The Bertz CT molecular complexity index is 334. The maximum atomic E-state index is 10.7. The highest BCUT2D eigenvalue weighted by molar-refractivity contribution is 9.10. The van der Waals surface area contributed by atoms with Crippen LogP contribution in [0.4, 0.5) is 0 Å². The molecule has 0 aliphatic heterocycles. The van der Waals surface area contributed by atoms with Gasteiger partial charge in [-0.3, -0.25) is 9.78 Å². The summed E-state index contributed by atoms with van der Waals surface area (Å²) >= 11 is 3.38. The highest BCUT2D eigenvalue weighted by Crippen LogP contribution is 2.23. The number of pyridine rings is 1. The molecule has 1 aromatic rings. The molecule has 64 valence electrons. The van der Waals surface area contributed by atoms with Crippen molar-refractivity contribution in [1.29, 1.82) is 0 Å². The minimum atomic E-state index is 0.687. The quantitative estimate of drug-likeness (QED) is 0.691. The van der Waals surface area contributed by atoms with E-state index in [0.29, 0.717) is 5.56 Å². The van der Waals surface area contributed by atoms with E-state index in [0.717, 1.165) is 27.7 Å². The molecule has 0 radical (unpaired) electrons. The highest BCUT2D eigenvalue weighted by atomic mass is 79.9. The van der Waals surface area contributed by atoms with Crippen LogP contribution < -0.4 is 0 Å². The smallest absolute Gasteiger partial charge is 0.152 e. The number of nitrogens with zero attached hydrogens (tertiary/aromatic N) is 1. The Morgan fingerprint density at radius 1 is 1.25 bits per heavy atom. The first-order valence-electron chi connectivity index (χ1n) is 3.66. The summed E-state index contributed by atoms with van der Waals surface area (Å²) in [4.78, 5) is 14.9. The van der Waals surface area contributed by atoms with Gasteiger partial charge in [0.1, 0.15) is 0 Å². The Balaban J connectivity index is 3.51. The molecule has 0 unspecified atom stereocenters. The molecule has 12 heavy (non-hydrogen) atoms. The van der Waals surface area contributed by atoms with Crippen molar-refractivity contribution in [3.8, 4) is 0 Å². The van der Waals surface area contributed by atoms with Crippen LogP contribution in [0.25, 0.3) is 0 Å². The normalized spacial score (nSPS) is 10.0. The Kier molecular flexibility index (Phi) is 2.62. The van der Waals surface area contributed by atoms with Crippen LogP contribution in [0, 0.1) is 20.8 Å². The van der Waals surface area contributed by atoms with E-state index in [-0.39, 0.29) is 0 Å².